The molecule has 0 aliphatic heterocycles. The molecule has 0 aromatic heterocycles. The van der Waals surface area contributed by atoms with E-state index in [1.54, 1.807) is 24.3 Å². The van der Waals surface area contributed by atoms with Crippen molar-refractivity contribution < 1.29 is 9.18 Å². The summed E-state index contributed by atoms with van der Waals surface area (Å²) in [6.45, 7) is 3.98. The maximum absolute atomic E-state index is 13.6. The molecule has 0 aliphatic rings. The van der Waals surface area contributed by atoms with Crippen LogP contribution >= 0.6 is 15.9 Å². The molecule has 0 spiro atoms. The minimum atomic E-state index is -0.327. The molecule has 0 radical (unpaired) electrons. The number of halogens is 2. The van der Waals surface area contributed by atoms with Crippen LogP contribution in [0.15, 0.2) is 47.5 Å². The molecule has 92 valence electrons. The van der Waals surface area contributed by atoms with E-state index >= 15 is 0 Å². The van der Waals surface area contributed by atoms with E-state index in [4.69, 9.17) is 0 Å². The molecule has 0 fully saturated rings. The van der Waals surface area contributed by atoms with E-state index < -0.39 is 0 Å². The third-order valence-electron chi connectivity index (χ3n) is 2.56. The highest BCUT2D eigenvalue weighted by molar-refractivity contribution is 9.11. The maximum Gasteiger partial charge on any atom is 0.252 e. The monoisotopic (exact) mass is 307 g/mol. The first-order valence-corrected chi connectivity index (χ1v) is 6.17. The van der Waals surface area contributed by atoms with Gasteiger partial charge in [0.1, 0.15) is 5.82 Å². The second-order valence-electron chi connectivity index (χ2n) is 3.84. The zero-order chi connectivity index (χ0) is 13.1. The highest BCUT2D eigenvalue weighted by Gasteiger charge is 2.11. The van der Waals surface area contributed by atoms with E-state index in [0.29, 0.717) is 27.4 Å². The summed E-state index contributed by atoms with van der Waals surface area (Å²) < 4.78 is 14.3. The third kappa shape index (κ3) is 2.59. The molecule has 2 aromatic rings. The van der Waals surface area contributed by atoms with Crippen LogP contribution in [0.25, 0.3) is 10.8 Å². The summed E-state index contributed by atoms with van der Waals surface area (Å²) >= 11 is 3.17. The van der Waals surface area contributed by atoms with Gasteiger partial charge in [0.15, 0.2) is 0 Å². The molecule has 0 aliphatic carbocycles. The van der Waals surface area contributed by atoms with Crippen LogP contribution in [0.4, 0.5) is 4.39 Å². The van der Waals surface area contributed by atoms with E-state index in [-0.39, 0.29) is 11.7 Å². The first-order chi connectivity index (χ1) is 8.59. The Morgan fingerprint density at radius 1 is 1.22 bits per heavy atom. The number of benzene rings is 2. The Kier molecular flexibility index (Phi) is 3.77. The Morgan fingerprint density at radius 2 is 1.89 bits per heavy atom. The fourth-order valence-electron chi connectivity index (χ4n) is 1.73. The number of nitrogens with one attached hydrogen (secondary N) is 1. The summed E-state index contributed by atoms with van der Waals surface area (Å²) in [5.74, 6) is -0.571. The summed E-state index contributed by atoms with van der Waals surface area (Å²) in [5, 5.41) is 3.76. The quantitative estimate of drug-likeness (QED) is 0.922. The molecule has 0 atom stereocenters. The average Bonchev–Trinajstić information content (AvgIpc) is 2.37. The van der Waals surface area contributed by atoms with Gasteiger partial charge in [-0.2, -0.15) is 0 Å². The van der Waals surface area contributed by atoms with Gasteiger partial charge in [-0.1, -0.05) is 46.8 Å². The number of rotatable bonds is 3. The topological polar surface area (TPSA) is 29.1 Å². The molecule has 2 rings (SSSR count). The summed E-state index contributed by atoms with van der Waals surface area (Å²) in [7, 11) is 0. The van der Waals surface area contributed by atoms with Crippen molar-refractivity contribution in [2.75, 3.05) is 6.54 Å². The highest BCUT2D eigenvalue weighted by atomic mass is 79.9. The van der Waals surface area contributed by atoms with Crippen LogP contribution in [-0.4, -0.2) is 12.5 Å². The molecule has 1 N–H and O–H groups in total. The number of hydrogen-bond acceptors (Lipinski definition) is 1. The predicted octanol–water partition coefficient (Wildman–Crippen LogP) is 3.62. The van der Waals surface area contributed by atoms with E-state index in [2.05, 4.69) is 27.8 Å². The van der Waals surface area contributed by atoms with Gasteiger partial charge < -0.3 is 5.32 Å². The number of amides is 1. The first-order valence-electron chi connectivity index (χ1n) is 5.38. The van der Waals surface area contributed by atoms with E-state index in [9.17, 15) is 9.18 Å². The van der Waals surface area contributed by atoms with Crippen LogP contribution in [0.3, 0.4) is 0 Å². The van der Waals surface area contributed by atoms with Crippen LogP contribution in [0.5, 0.6) is 0 Å². The Bertz CT molecular complexity index is 624. The smallest absolute Gasteiger partial charge is 0.252 e. The molecular formula is C14H11BrFNO. The van der Waals surface area contributed by atoms with Crippen molar-refractivity contribution in [1.29, 1.82) is 0 Å². The number of carbonyl (C=O) groups excluding carboxylic acids is 1. The molecule has 0 heterocycles. The summed E-state index contributed by atoms with van der Waals surface area (Å²) in [6.07, 6.45) is 0. The van der Waals surface area contributed by atoms with E-state index in [0.717, 1.165) is 0 Å². The van der Waals surface area contributed by atoms with E-state index in [1.165, 1.54) is 12.1 Å². The molecule has 18 heavy (non-hydrogen) atoms. The lowest BCUT2D eigenvalue weighted by atomic mass is 10.0. The van der Waals surface area contributed by atoms with Gasteiger partial charge in [-0.25, -0.2) is 4.39 Å². The largest absolute Gasteiger partial charge is 0.347 e. The van der Waals surface area contributed by atoms with Crippen LogP contribution in [0.1, 0.15) is 10.4 Å². The van der Waals surface area contributed by atoms with Crippen LogP contribution < -0.4 is 5.32 Å². The SMILES string of the molecule is C=C(Br)CNC(=O)c1ccc(F)c2ccccc12. The minimum Gasteiger partial charge on any atom is -0.347 e. The molecule has 0 saturated carbocycles. The zero-order valence-corrected chi connectivity index (χ0v) is 11.1. The minimum absolute atomic E-state index is 0.244. The van der Waals surface area contributed by atoms with Gasteiger partial charge in [0.2, 0.25) is 0 Å². The molecule has 2 aromatic carbocycles. The molecule has 0 saturated heterocycles. The second kappa shape index (κ2) is 5.31. The van der Waals surface area contributed by atoms with Gasteiger partial charge in [0, 0.05) is 22.0 Å². The van der Waals surface area contributed by atoms with Crippen molar-refractivity contribution in [2.24, 2.45) is 0 Å². The lowest BCUT2D eigenvalue weighted by molar-refractivity contribution is 0.0959. The number of carbonyl (C=O) groups is 1. The normalized spacial score (nSPS) is 10.3. The predicted molar refractivity (Wildman–Crippen MR) is 74.3 cm³/mol. The Hall–Kier alpha value is -1.68. The summed E-state index contributed by atoms with van der Waals surface area (Å²) in [6, 6.07) is 9.71. The number of fused-ring (bicyclic) bond motifs is 1. The molecule has 1 amide bonds. The van der Waals surface area contributed by atoms with Gasteiger partial charge in [0.05, 0.1) is 0 Å². The first kappa shape index (κ1) is 12.8. The average molecular weight is 308 g/mol. The van der Waals surface area contributed by atoms with E-state index in [1.807, 2.05) is 0 Å². The molecule has 0 bridgehead atoms. The van der Waals surface area contributed by atoms with Crippen LogP contribution in [0, 0.1) is 5.82 Å². The van der Waals surface area contributed by atoms with Crippen molar-refractivity contribution >= 4 is 32.6 Å². The molecule has 0 unspecified atom stereocenters. The van der Waals surface area contributed by atoms with Gasteiger partial charge >= 0.3 is 0 Å². The standard InChI is InChI=1S/C14H11BrFNO/c1-9(15)8-17-14(18)12-6-7-13(16)11-5-3-2-4-10(11)12/h2-7H,1,8H2,(H,17,18). The van der Waals surface area contributed by atoms with Crippen LogP contribution in [0.2, 0.25) is 0 Å². The molecule has 4 heteroatoms. The summed E-state index contributed by atoms with van der Waals surface area (Å²) in [5.41, 5.74) is 0.459. The van der Waals surface area contributed by atoms with Gasteiger partial charge in [0.25, 0.3) is 5.91 Å². The maximum atomic E-state index is 13.6. The fourth-order valence-corrected chi connectivity index (χ4v) is 1.87. The Balaban J connectivity index is 2.42. The van der Waals surface area contributed by atoms with Crippen LogP contribution in [-0.2, 0) is 0 Å². The second-order valence-corrected chi connectivity index (χ2v) is 4.96. The van der Waals surface area contributed by atoms with Crippen molar-refractivity contribution in [1.82, 2.24) is 5.32 Å². The molecular weight excluding hydrogens is 297 g/mol. The zero-order valence-electron chi connectivity index (χ0n) is 9.54. The Morgan fingerprint density at radius 3 is 2.56 bits per heavy atom. The number of hydrogen-bond donors (Lipinski definition) is 1. The Labute approximate surface area is 113 Å². The highest BCUT2D eigenvalue weighted by Crippen LogP contribution is 2.21. The summed E-state index contributed by atoms with van der Waals surface area (Å²) in [4.78, 5) is 12.0. The fraction of sp³-hybridized carbons (Fsp3) is 0.0714. The van der Waals surface area contributed by atoms with Gasteiger partial charge in [-0.05, 0) is 17.5 Å². The lowest BCUT2D eigenvalue weighted by Gasteiger charge is -2.08. The van der Waals surface area contributed by atoms with Gasteiger partial charge in [-0.3, -0.25) is 4.79 Å². The molecule has 2 nitrogen and oxygen atoms in total. The van der Waals surface area contributed by atoms with Crippen molar-refractivity contribution in [3.05, 3.63) is 58.8 Å². The lowest BCUT2D eigenvalue weighted by Crippen LogP contribution is -2.24. The third-order valence-corrected chi connectivity index (χ3v) is 2.84. The van der Waals surface area contributed by atoms with Gasteiger partial charge in [-0.15, -0.1) is 0 Å². The van der Waals surface area contributed by atoms with Crippen molar-refractivity contribution in [3.63, 3.8) is 0 Å². The van der Waals surface area contributed by atoms with Crippen molar-refractivity contribution in [2.45, 2.75) is 0 Å². The van der Waals surface area contributed by atoms with Crippen molar-refractivity contribution in [3.8, 4) is 0 Å².